The first-order valence-corrected chi connectivity index (χ1v) is 10.00. The van der Waals surface area contributed by atoms with Crippen LogP contribution in [0.15, 0.2) is 22.6 Å². The van der Waals surface area contributed by atoms with Crippen LogP contribution in [0.4, 0.5) is 0 Å². The van der Waals surface area contributed by atoms with Gasteiger partial charge in [-0.1, -0.05) is 6.42 Å². The van der Waals surface area contributed by atoms with Gasteiger partial charge >= 0.3 is 5.97 Å². The Morgan fingerprint density at radius 3 is 2.79 bits per heavy atom. The molecule has 6 heteroatoms. The molecule has 0 unspecified atom stereocenters. The number of esters is 1. The summed E-state index contributed by atoms with van der Waals surface area (Å²) in [4.78, 5) is 24.7. The largest absolute Gasteiger partial charge is 0.497 e. The number of benzene rings is 1. The first-order chi connectivity index (χ1) is 13.5. The summed E-state index contributed by atoms with van der Waals surface area (Å²) in [5.41, 5.74) is 1.26. The summed E-state index contributed by atoms with van der Waals surface area (Å²) in [6.45, 7) is 3.55. The topological polar surface area (TPSA) is 77.8 Å². The summed E-state index contributed by atoms with van der Waals surface area (Å²) < 4.78 is 16.0. The van der Waals surface area contributed by atoms with Crippen LogP contribution >= 0.6 is 0 Å². The number of nitrogens with one attached hydrogen (secondary N) is 1. The Labute approximate surface area is 164 Å². The number of aryl methyl sites for hydroxylation is 1. The number of rotatable bonds is 6. The van der Waals surface area contributed by atoms with Crippen molar-refractivity contribution in [2.75, 3.05) is 13.7 Å². The third-order valence-corrected chi connectivity index (χ3v) is 6.49. The molecule has 4 rings (SSSR count). The Balaban J connectivity index is 1.34. The molecule has 2 bridgehead atoms. The predicted octanol–water partition coefficient (Wildman–Crippen LogP) is 3.85. The maximum absolute atomic E-state index is 12.4. The fourth-order valence-corrected chi connectivity index (χ4v) is 5.03. The molecule has 1 heterocycles. The minimum Gasteiger partial charge on any atom is -0.497 e. The summed E-state index contributed by atoms with van der Waals surface area (Å²) in [5, 5.41) is 3.80. The van der Waals surface area contributed by atoms with Crippen LogP contribution in [0.5, 0.6) is 5.75 Å². The van der Waals surface area contributed by atoms with Crippen LogP contribution in [0.2, 0.25) is 0 Å². The highest BCUT2D eigenvalue weighted by molar-refractivity contribution is 5.97. The van der Waals surface area contributed by atoms with E-state index in [0.717, 1.165) is 17.2 Å². The lowest BCUT2D eigenvalue weighted by molar-refractivity contribution is -0.125. The summed E-state index contributed by atoms with van der Waals surface area (Å²) in [7, 11) is 1.59. The molecule has 4 atom stereocenters. The zero-order valence-corrected chi connectivity index (χ0v) is 16.6. The Morgan fingerprint density at radius 2 is 2.11 bits per heavy atom. The molecular formula is C22H27NO5. The molecule has 150 valence electrons. The van der Waals surface area contributed by atoms with Crippen LogP contribution in [0.3, 0.4) is 0 Å². The van der Waals surface area contributed by atoms with Crippen LogP contribution in [0.25, 0.3) is 11.0 Å². The van der Waals surface area contributed by atoms with Gasteiger partial charge in [-0.15, -0.1) is 0 Å². The molecule has 0 radical (unpaired) electrons. The van der Waals surface area contributed by atoms with E-state index in [4.69, 9.17) is 13.9 Å². The van der Waals surface area contributed by atoms with E-state index in [2.05, 4.69) is 12.2 Å². The predicted molar refractivity (Wildman–Crippen MR) is 104 cm³/mol. The van der Waals surface area contributed by atoms with Crippen LogP contribution in [0, 0.1) is 24.7 Å². The van der Waals surface area contributed by atoms with E-state index in [1.165, 1.54) is 25.7 Å². The molecule has 1 aromatic heterocycles. The van der Waals surface area contributed by atoms with Gasteiger partial charge in [-0.05, 0) is 69.1 Å². The third kappa shape index (κ3) is 3.48. The quantitative estimate of drug-likeness (QED) is 0.764. The van der Waals surface area contributed by atoms with Crippen molar-refractivity contribution < 1.29 is 23.5 Å². The third-order valence-electron chi connectivity index (χ3n) is 6.49. The normalized spacial score (nSPS) is 24.3. The summed E-state index contributed by atoms with van der Waals surface area (Å²) >= 11 is 0. The number of carbonyl (C=O) groups excluding carboxylic acids is 2. The van der Waals surface area contributed by atoms with Gasteiger partial charge in [-0.3, -0.25) is 4.79 Å². The molecule has 2 aromatic rings. The van der Waals surface area contributed by atoms with E-state index in [-0.39, 0.29) is 24.3 Å². The van der Waals surface area contributed by atoms with Crippen LogP contribution in [-0.4, -0.2) is 31.6 Å². The molecule has 2 aliphatic rings. The number of hydrogen-bond acceptors (Lipinski definition) is 5. The van der Waals surface area contributed by atoms with Gasteiger partial charge in [0.05, 0.1) is 7.11 Å². The number of hydrogen-bond donors (Lipinski definition) is 1. The molecule has 0 saturated heterocycles. The lowest BCUT2D eigenvalue weighted by Crippen LogP contribution is -2.42. The van der Waals surface area contributed by atoms with Gasteiger partial charge < -0.3 is 19.2 Å². The monoisotopic (exact) mass is 385 g/mol. The number of carbonyl (C=O) groups is 2. The fourth-order valence-electron chi connectivity index (χ4n) is 5.03. The second kappa shape index (κ2) is 7.49. The molecule has 1 N–H and O–H groups in total. The van der Waals surface area contributed by atoms with E-state index in [0.29, 0.717) is 22.8 Å². The minimum atomic E-state index is -0.629. The van der Waals surface area contributed by atoms with E-state index in [9.17, 15) is 9.59 Å². The number of furan rings is 1. The first-order valence-electron chi connectivity index (χ1n) is 10.00. The number of ether oxygens (including phenoxy) is 2. The van der Waals surface area contributed by atoms with Gasteiger partial charge in [0.2, 0.25) is 5.76 Å². The van der Waals surface area contributed by atoms with Gasteiger partial charge in [0.15, 0.2) is 6.61 Å². The van der Waals surface area contributed by atoms with E-state index in [1.54, 1.807) is 26.2 Å². The van der Waals surface area contributed by atoms with Gasteiger partial charge in [0.1, 0.15) is 11.3 Å². The number of methoxy groups -OCH3 is 1. The Kier molecular flexibility index (Phi) is 5.04. The zero-order chi connectivity index (χ0) is 19.8. The molecule has 2 saturated carbocycles. The SMILES string of the molecule is COc1ccc2oc(C(=O)OCC(=O)N[C@@H](C)[C@H]3C[C@@H]4CC[C@@H]3C4)c(C)c2c1. The van der Waals surface area contributed by atoms with Crippen molar-refractivity contribution in [1.29, 1.82) is 0 Å². The summed E-state index contributed by atoms with van der Waals surface area (Å²) in [5.74, 6) is 2.03. The van der Waals surface area contributed by atoms with E-state index >= 15 is 0 Å². The summed E-state index contributed by atoms with van der Waals surface area (Å²) in [6.07, 6.45) is 5.12. The molecule has 0 aliphatic heterocycles. The Hall–Kier alpha value is -2.50. The van der Waals surface area contributed by atoms with Crippen molar-refractivity contribution in [3.63, 3.8) is 0 Å². The first kappa shape index (κ1) is 18.8. The molecule has 1 amide bonds. The summed E-state index contributed by atoms with van der Waals surface area (Å²) in [6, 6.07) is 5.45. The molecule has 2 fully saturated rings. The second-order valence-corrected chi connectivity index (χ2v) is 8.19. The van der Waals surface area contributed by atoms with Crippen molar-refractivity contribution in [1.82, 2.24) is 5.32 Å². The van der Waals surface area contributed by atoms with Crippen molar-refractivity contribution in [2.45, 2.75) is 45.6 Å². The second-order valence-electron chi connectivity index (χ2n) is 8.19. The lowest BCUT2D eigenvalue weighted by Gasteiger charge is -2.28. The van der Waals surface area contributed by atoms with Crippen molar-refractivity contribution in [3.05, 3.63) is 29.5 Å². The van der Waals surface area contributed by atoms with Crippen LogP contribution < -0.4 is 10.1 Å². The molecular weight excluding hydrogens is 358 g/mol. The minimum absolute atomic E-state index is 0.113. The molecule has 6 nitrogen and oxygen atoms in total. The van der Waals surface area contributed by atoms with Crippen LogP contribution in [0.1, 0.15) is 48.7 Å². The standard InChI is InChI=1S/C22H27NO5/c1-12-17-10-16(26-3)6-7-19(17)28-21(12)22(25)27-11-20(24)23-13(2)18-9-14-4-5-15(18)8-14/h6-7,10,13-15,18H,4-5,8-9,11H2,1-3H3,(H,23,24)/t13-,14+,15+,18+/m0/s1. The van der Waals surface area contributed by atoms with Gasteiger partial charge in [-0.2, -0.15) is 0 Å². The highest BCUT2D eigenvalue weighted by Crippen LogP contribution is 2.49. The van der Waals surface area contributed by atoms with E-state index in [1.807, 2.05) is 6.07 Å². The van der Waals surface area contributed by atoms with Crippen molar-refractivity contribution in [2.24, 2.45) is 17.8 Å². The average Bonchev–Trinajstić information content (AvgIpc) is 3.40. The molecule has 1 aromatic carbocycles. The molecule has 0 spiro atoms. The fraction of sp³-hybridized carbons (Fsp3) is 0.545. The van der Waals surface area contributed by atoms with Gasteiger partial charge in [0, 0.05) is 17.0 Å². The lowest BCUT2D eigenvalue weighted by atomic mass is 9.84. The van der Waals surface area contributed by atoms with Gasteiger partial charge in [-0.25, -0.2) is 4.79 Å². The highest BCUT2D eigenvalue weighted by Gasteiger charge is 2.42. The smallest absolute Gasteiger partial charge is 0.375 e. The Morgan fingerprint density at radius 1 is 1.29 bits per heavy atom. The number of fused-ring (bicyclic) bond motifs is 3. The maximum atomic E-state index is 12.4. The maximum Gasteiger partial charge on any atom is 0.375 e. The zero-order valence-electron chi connectivity index (χ0n) is 16.6. The molecule has 2 aliphatic carbocycles. The van der Waals surface area contributed by atoms with Crippen molar-refractivity contribution >= 4 is 22.8 Å². The average molecular weight is 385 g/mol. The number of amides is 1. The van der Waals surface area contributed by atoms with Gasteiger partial charge in [0.25, 0.3) is 5.91 Å². The highest BCUT2D eigenvalue weighted by atomic mass is 16.5. The van der Waals surface area contributed by atoms with Crippen molar-refractivity contribution in [3.8, 4) is 5.75 Å². The Bertz CT molecular complexity index is 902. The molecule has 28 heavy (non-hydrogen) atoms. The van der Waals surface area contributed by atoms with E-state index < -0.39 is 5.97 Å². The van der Waals surface area contributed by atoms with Crippen LogP contribution in [-0.2, 0) is 9.53 Å².